The molecule has 2 heterocycles. The maximum Gasteiger partial charge on any atom is 0.227 e. The molecule has 278 valence electrons. The maximum absolute atomic E-state index is 6.44. The van der Waals surface area contributed by atoms with E-state index in [-0.39, 0.29) is 0 Å². The zero-order valence-corrected chi connectivity index (χ0v) is 32.0. The second-order valence-corrected chi connectivity index (χ2v) is 14.8. The summed E-state index contributed by atoms with van der Waals surface area (Å²) in [5.74, 6) is 0.602. The van der Waals surface area contributed by atoms with Gasteiger partial charge in [0.15, 0.2) is 5.58 Å². The van der Waals surface area contributed by atoms with Gasteiger partial charge in [0.25, 0.3) is 0 Å². The average molecular weight is 757 g/mol. The highest BCUT2D eigenvalue weighted by atomic mass is 16.4. The second kappa shape index (κ2) is 14.5. The van der Waals surface area contributed by atoms with Crippen LogP contribution in [0.1, 0.15) is 0 Å². The highest BCUT2D eigenvalue weighted by Crippen LogP contribution is 2.41. The number of hydrogen-bond donors (Lipinski definition) is 0. The number of anilines is 3. The molecule has 11 rings (SSSR count). The van der Waals surface area contributed by atoms with Crippen LogP contribution in [-0.4, -0.2) is 4.98 Å². The molecule has 4 heteroatoms. The maximum atomic E-state index is 6.44. The second-order valence-electron chi connectivity index (χ2n) is 14.8. The van der Waals surface area contributed by atoms with Gasteiger partial charge in [-0.05, 0) is 117 Å². The largest absolute Gasteiger partial charge is 0.456 e. The molecule has 0 amide bonds. The van der Waals surface area contributed by atoms with Gasteiger partial charge in [0.2, 0.25) is 5.89 Å². The highest BCUT2D eigenvalue weighted by molar-refractivity contribution is 6.17. The zero-order valence-electron chi connectivity index (χ0n) is 32.0. The summed E-state index contributed by atoms with van der Waals surface area (Å²) in [6.45, 7) is 0. The van der Waals surface area contributed by atoms with Gasteiger partial charge in [-0.25, -0.2) is 4.98 Å². The summed E-state index contributed by atoms with van der Waals surface area (Å²) in [7, 11) is 0. The van der Waals surface area contributed by atoms with Crippen molar-refractivity contribution in [2.45, 2.75) is 0 Å². The molecule has 2 aromatic heterocycles. The standard InChI is InChI=1S/C55H36N2O2/c1-4-11-37(12-5-1)39-19-21-40(22-20-39)41-23-28-46(29-24-41)57(48-18-10-17-44(35-48)38-13-6-2-7-14-38)47-30-25-42(26-31-47)45-27-32-49-52(36-45)58-50-33-34-51-54(53(49)50)56-55(59-51)43-15-8-3-9-16-43/h1-36H. The molecule has 0 aliphatic heterocycles. The van der Waals surface area contributed by atoms with Crippen LogP contribution in [0.3, 0.4) is 0 Å². The first kappa shape index (κ1) is 34.3. The van der Waals surface area contributed by atoms with E-state index in [1.807, 2.05) is 42.5 Å². The van der Waals surface area contributed by atoms with Gasteiger partial charge in [-0.15, -0.1) is 0 Å². The van der Waals surface area contributed by atoms with Gasteiger partial charge >= 0.3 is 0 Å². The van der Waals surface area contributed by atoms with Gasteiger partial charge < -0.3 is 13.7 Å². The lowest BCUT2D eigenvalue weighted by Crippen LogP contribution is -2.10. The monoisotopic (exact) mass is 756 g/mol. The van der Waals surface area contributed by atoms with Crippen molar-refractivity contribution < 1.29 is 8.83 Å². The Labute approximate surface area is 341 Å². The molecule has 0 bridgehead atoms. The fraction of sp³-hybridized carbons (Fsp3) is 0. The quantitative estimate of drug-likeness (QED) is 0.155. The summed E-state index contributed by atoms with van der Waals surface area (Å²) in [6.07, 6.45) is 0. The Morgan fingerprint density at radius 1 is 0.305 bits per heavy atom. The number of aromatic nitrogens is 1. The zero-order chi connectivity index (χ0) is 39.1. The molecule has 0 radical (unpaired) electrons. The van der Waals surface area contributed by atoms with E-state index < -0.39 is 0 Å². The third-order valence-corrected chi connectivity index (χ3v) is 11.1. The Morgan fingerprint density at radius 3 is 1.37 bits per heavy atom. The predicted octanol–water partition coefficient (Wildman–Crippen LogP) is 15.5. The molecule has 4 nitrogen and oxygen atoms in total. The fourth-order valence-electron chi connectivity index (χ4n) is 8.13. The minimum absolute atomic E-state index is 0.602. The lowest BCUT2D eigenvalue weighted by atomic mass is 9.99. The Kier molecular flexibility index (Phi) is 8.45. The molecule has 0 aliphatic carbocycles. The van der Waals surface area contributed by atoms with E-state index in [1.165, 1.54) is 27.8 Å². The Balaban J connectivity index is 0.937. The molecule has 0 atom stereocenters. The van der Waals surface area contributed by atoms with E-state index in [2.05, 4.69) is 181 Å². The van der Waals surface area contributed by atoms with E-state index in [4.69, 9.17) is 13.8 Å². The highest BCUT2D eigenvalue weighted by Gasteiger charge is 2.18. The van der Waals surface area contributed by atoms with Crippen LogP contribution < -0.4 is 4.90 Å². The molecular formula is C55H36N2O2. The van der Waals surface area contributed by atoms with Crippen LogP contribution in [-0.2, 0) is 0 Å². The summed E-state index contributed by atoms with van der Waals surface area (Å²) < 4.78 is 12.6. The lowest BCUT2D eigenvalue weighted by Gasteiger charge is -2.26. The molecule has 0 fully saturated rings. The van der Waals surface area contributed by atoms with Crippen LogP contribution in [0.15, 0.2) is 227 Å². The number of nitrogens with zero attached hydrogens (tertiary/aromatic N) is 2. The van der Waals surface area contributed by atoms with Gasteiger partial charge in [-0.3, -0.25) is 0 Å². The van der Waals surface area contributed by atoms with Crippen molar-refractivity contribution in [1.29, 1.82) is 0 Å². The molecule has 59 heavy (non-hydrogen) atoms. The first-order valence-corrected chi connectivity index (χ1v) is 19.9. The Bertz CT molecular complexity index is 3220. The Morgan fingerprint density at radius 2 is 0.763 bits per heavy atom. The molecule has 0 N–H and O–H groups in total. The van der Waals surface area contributed by atoms with Crippen LogP contribution in [0.25, 0.3) is 89.0 Å². The van der Waals surface area contributed by atoms with Gasteiger partial charge in [0, 0.05) is 28.0 Å². The number of benzene rings is 9. The van der Waals surface area contributed by atoms with Crippen molar-refractivity contribution in [2.75, 3.05) is 4.90 Å². The van der Waals surface area contributed by atoms with Crippen molar-refractivity contribution in [1.82, 2.24) is 4.98 Å². The topological polar surface area (TPSA) is 42.4 Å². The minimum atomic E-state index is 0.602. The number of hydrogen-bond acceptors (Lipinski definition) is 4. The van der Waals surface area contributed by atoms with Crippen molar-refractivity contribution in [3.63, 3.8) is 0 Å². The minimum Gasteiger partial charge on any atom is -0.456 e. The molecule has 11 aromatic rings. The Hall–Kier alpha value is -7.95. The molecule has 0 spiro atoms. The van der Waals surface area contributed by atoms with E-state index in [0.717, 1.165) is 72.4 Å². The third kappa shape index (κ3) is 6.43. The van der Waals surface area contributed by atoms with Crippen LogP contribution in [0.2, 0.25) is 0 Å². The summed E-state index contributed by atoms with van der Waals surface area (Å²) in [6, 6.07) is 76.6. The average Bonchev–Trinajstić information content (AvgIpc) is 3.92. The molecule has 9 aromatic carbocycles. The molecule has 0 saturated heterocycles. The van der Waals surface area contributed by atoms with Crippen LogP contribution in [0, 0.1) is 0 Å². The van der Waals surface area contributed by atoms with Crippen LogP contribution in [0.4, 0.5) is 17.1 Å². The SMILES string of the molecule is c1ccc(-c2ccc(-c3ccc(N(c4ccc(-c5ccc6c(c5)oc5ccc7oc(-c8ccccc8)nc7c56)cc4)c4cccc(-c5ccccc5)c4)cc3)cc2)cc1. The first-order chi connectivity index (χ1) is 29.2. The van der Waals surface area contributed by atoms with Gasteiger partial charge in [-0.1, -0.05) is 146 Å². The van der Waals surface area contributed by atoms with Crippen LogP contribution >= 0.6 is 0 Å². The van der Waals surface area contributed by atoms with E-state index >= 15 is 0 Å². The number of oxazole rings is 1. The number of furan rings is 1. The van der Waals surface area contributed by atoms with Crippen molar-refractivity contribution >= 4 is 50.1 Å². The normalized spacial score (nSPS) is 11.4. The van der Waals surface area contributed by atoms with Crippen molar-refractivity contribution in [3.8, 4) is 56.0 Å². The predicted molar refractivity (Wildman–Crippen MR) is 243 cm³/mol. The van der Waals surface area contributed by atoms with Crippen LogP contribution in [0.5, 0.6) is 0 Å². The first-order valence-electron chi connectivity index (χ1n) is 19.9. The van der Waals surface area contributed by atoms with E-state index in [9.17, 15) is 0 Å². The molecule has 0 unspecified atom stereocenters. The van der Waals surface area contributed by atoms with Gasteiger partial charge in [0.1, 0.15) is 16.7 Å². The molecular weight excluding hydrogens is 721 g/mol. The van der Waals surface area contributed by atoms with Crippen molar-refractivity contribution in [2.24, 2.45) is 0 Å². The van der Waals surface area contributed by atoms with E-state index in [0.29, 0.717) is 5.89 Å². The molecule has 0 aliphatic rings. The summed E-state index contributed by atoms with van der Waals surface area (Å²) in [5.41, 5.74) is 16.6. The van der Waals surface area contributed by atoms with Gasteiger partial charge in [-0.2, -0.15) is 0 Å². The third-order valence-electron chi connectivity index (χ3n) is 11.1. The van der Waals surface area contributed by atoms with E-state index in [1.54, 1.807) is 0 Å². The van der Waals surface area contributed by atoms with Crippen molar-refractivity contribution in [3.05, 3.63) is 218 Å². The number of fused-ring (bicyclic) bond motifs is 5. The summed E-state index contributed by atoms with van der Waals surface area (Å²) in [4.78, 5) is 7.24. The molecule has 0 saturated carbocycles. The smallest absolute Gasteiger partial charge is 0.227 e. The summed E-state index contributed by atoms with van der Waals surface area (Å²) >= 11 is 0. The number of rotatable bonds is 8. The lowest BCUT2D eigenvalue weighted by molar-refractivity contribution is 0.619. The summed E-state index contributed by atoms with van der Waals surface area (Å²) in [5, 5.41) is 1.98. The fourth-order valence-corrected chi connectivity index (χ4v) is 8.13. The van der Waals surface area contributed by atoms with Gasteiger partial charge in [0.05, 0.1) is 5.39 Å².